The summed E-state index contributed by atoms with van der Waals surface area (Å²) < 4.78 is 27.8. The second-order valence-electron chi connectivity index (χ2n) is 7.29. The van der Waals surface area contributed by atoms with E-state index in [2.05, 4.69) is 4.72 Å². The highest BCUT2D eigenvalue weighted by Gasteiger charge is 2.26. The zero-order chi connectivity index (χ0) is 21.3. The summed E-state index contributed by atoms with van der Waals surface area (Å²) in [4.78, 5) is 14.8. The molecule has 5 nitrogen and oxygen atoms in total. The van der Waals surface area contributed by atoms with Crippen LogP contribution in [0.5, 0.6) is 0 Å². The third-order valence-corrected chi connectivity index (χ3v) is 7.08. The quantitative estimate of drug-likeness (QED) is 0.642. The number of sulfonamides is 1. The highest BCUT2D eigenvalue weighted by molar-refractivity contribution is 7.89. The first kappa shape index (κ1) is 20.6. The molecule has 3 aromatic rings. The molecule has 1 heterocycles. The topological polar surface area (TPSA) is 66.5 Å². The summed E-state index contributed by atoms with van der Waals surface area (Å²) in [5.41, 5.74) is 4.41. The molecule has 0 fully saturated rings. The van der Waals surface area contributed by atoms with Gasteiger partial charge < -0.3 is 4.90 Å². The molecular formula is C23H21ClN2O3S. The van der Waals surface area contributed by atoms with Gasteiger partial charge in [-0.05, 0) is 54.8 Å². The molecule has 0 unspecified atom stereocenters. The molecule has 0 radical (unpaired) electrons. The fourth-order valence-corrected chi connectivity index (χ4v) is 5.05. The van der Waals surface area contributed by atoms with Gasteiger partial charge in [-0.25, -0.2) is 13.1 Å². The van der Waals surface area contributed by atoms with E-state index in [1.807, 2.05) is 49.4 Å². The second kappa shape index (κ2) is 8.22. The molecule has 7 heteroatoms. The number of fused-ring (bicyclic) bond motifs is 1. The monoisotopic (exact) mass is 440 g/mol. The summed E-state index contributed by atoms with van der Waals surface area (Å²) in [5.74, 6) is -0.0532. The predicted octanol–water partition coefficient (Wildman–Crippen LogP) is 4.33. The number of carbonyl (C=O) groups is 1. The van der Waals surface area contributed by atoms with Crippen molar-refractivity contribution in [3.63, 3.8) is 0 Å². The summed E-state index contributed by atoms with van der Waals surface area (Å²) in [6.45, 7) is 2.69. The van der Waals surface area contributed by atoms with Crippen LogP contribution in [0.15, 0.2) is 71.6 Å². The van der Waals surface area contributed by atoms with Gasteiger partial charge in [-0.1, -0.05) is 53.6 Å². The van der Waals surface area contributed by atoms with Gasteiger partial charge in [0.25, 0.3) is 5.91 Å². The lowest BCUT2D eigenvalue weighted by molar-refractivity contribution is 0.0989. The van der Waals surface area contributed by atoms with Crippen molar-refractivity contribution in [2.45, 2.75) is 24.8 Å². The Hall–Kier alpha value is -2.67. The van der Waals surface area contributed by atoms with Crippen LogP contribution in [0.2, 0.25) is 5.02 Å². The summed E-state index contributed by atoms with van der Waals surface area (Å²) in [6.07, 6.45) is 0.776. The maximum atomic E-state index is 13.0. The first-order valence-corrected chi connectivity index (χ1v) is 11.5. The molecule has 0 aromatic heterocycles. The fourth-order valence-electron chi connectivity index (χ4n) is 3.52. The number of hydrogen-bond acceptors (Lipinski definition) is 3. The Labute approximate surface area is 181 Å². The minimum Gasteiger partial charge on any atom is -0.308 e. The smallest absolute Gasteiger partial charge is 0.258 e. The molecule has 0 aliphatic carbocycles. The number of aryl methyl sites for hydroxylation is 1. The van der Waals surface area contributed by atoms with E-state index in [1.165, 1.54) is 6.07 Å². The zero-order valence-corrected chi connectivity index (χ0v) is 18.0. The predicted molar refractivity (Wildman–Crippen MR) is 118 cm³/mol. The van der Waals surface area contributed by atoms with E-state index in [0.29, 0.717) is 12.1 Å². The van der Waals surface area contributed by atoms with Crippen molar-refractivity contribution in [1.29, 1.82) is 0 Å². The van der Waals surface area contributed by atoms with E-state index in [0.717, 1.165) is 28.8 Å². The van der Waals surface area contributed by atoms with Gasteiger partial charge in [-0.3, -0.25) is 4.79 Å². The third kappa shape index (κ3) is 4.12. The zero-order valence-electron chi connectivity index (χ0n) is 16.4. The first-order chi connectivity index (χ1) is 14.3. The third-order valence-electron chi connectivity index (χ3n) is 5.18. The van der Waals surface area contributed by atoms with Crippen molar-refractivity contribution in [2.24, 2.45) is 0 Å². The summed E-state index contributed by atoms with van der Waals surface area (Å²) in [5, 5.41) is 0.175. The average molecular weight is 441 g/mol. The lowest BCUT2D eigenvalue weighted by atomic mass is 10.1. The highest BCUT2D eigenvalue weighted by Crippen LogP contribution is 2.31. The van der Waals surface area contributed by atoms with Crippen LogP contribution < -0.4 is 9.62 Å². The molecule has 0 atom stereocenters. The lowest BCUT2D eigenvalue weighted by Gasteiger charge is -2.18. The number of halogens is 1. The first-order valence-electron chi connectivity index (χ1n) is 9.60. The fraction of sp³-hybridized carbons (Fsp3) is 0.174. The Kier molecular flexibility index (Phi) is 5.64. The summed E-state index contributed by atoms with van der Waals surface area (Å²) in [6, 6.07) is 19.5. The lowest BCUT2D eigenvalue weighted by Crippen LogP contribution is -2.29. The maximum Gasteiger partial charge on any atom is 0.258 e. The van der Waals surface area contributed by atoms with Crippen LogP contribution in [0.4, 0.5) is 5.69 Å². The number of anilines is 1. The van der Waals surface area contributed by atoms with Gasteiger partial charge in [0.05, 0.1) is 5.02 Å². The number of benzene rings is 3. The van der Waals surface area contributed by atoms with Gasteiger partial charge in [-0.15, -0.1) is 0 Å². The number of amides is 1. The molecule has 1 aliphatic heterocycles. The molecule has 0 saturated carbocycles. The molecule has 154 valence electrons. The van der Waals surface area contributed by atoms with Crippen LogP contribution in [0, 0.1) is 6.92 Å². The molecule has 4 rings (SSSR count). The van der Waals surface area contributed by atoms with Crippen molar-refractivity contribution >= 4 is 33.2 Å². The van der Waals surface area contributed by atoms with Crippen LogP contribution in [-0.4, -0.2) is 20.9 Å². The van der Waals surface area contributed by atoms with Gasteiger partial charge in [0.15, 0.2) is 0 Å². The number of rotatable bonds is 5. The number of nitrogens with zero attached hydrogens (tertiary/aromatic N) is 1. The summed E-state index contributed by atoms with van der Waals surface area (Å²) in [7, 11) is -3.74. The van der Waals surface area contributed by atoms with Crippen molar-refractivity contribution in [3.05, 3.63) is 94.0 Å². The SMILES string of the molecule is Cc1ccc(C(=O)N2CCc3ccc(CNS(=O)(=O)c4ccccc4Cl)cc32)cc1. The minimum absolute atomic E-state index is 0.0454. The molecule has 1 aliphatic rings. The van der Waals surface area contributed by atoms with Gasteiger partial charge in [0, 0.05) is 24.3 Å². The minimum atomic E-state index is -3.74. The molecule has 30 heavy (non-hydrogen) atoms. The molecule has 0 bridgehead atoms. The van der Waals surface area contributed by atoms with E-state index in [4.69, 9.17) is 11.6 Å². The Morgan fingerprint density at radius 1 is 1.07 bits per heavy atom. The van der Waals surface area contributed by atoms with Crippen molar-refractivity contribution in [3.8, 4) is 0 Å². The average Bonchev–Trinajstić information content (AvgIpc) is 3.16. The molecule has 1 N–H and O–H groups in total. The number of hydrogen-bond donors (Lipinski definition) is 1. The van der Waals surface area contributed by atoms with Crippen LogP contribution in [0.3, 0.4) is 0 Å². The Morgan fingerprint density at radius 3 is 2.53 bits per heavy atom. The van der Waals surface area contributed by atoms with Gasteiger partial charge in [0.2, 0.25) is 10.0 Å². The van der Waals surface area contributed by atoms with Crippen molar-refractivity contribution in [2.75, 3.05) is 11.4 Å². The van der Waals surface area contributed by atoms with Crippen LogP contribution in [0.25, 0.3) is 0 Å². The number of carbonyl (C=O) groups excluding carboxylic acids is 1. The van der Waals surface area contributed by atoms with Gasteiger partial charge in [0.1, 0.15) is 4.90 Å². The Bertz CT molecular complexity index is 1210. The van der Waals surface area contributed by atoms with E-state index in [-0.39, 0.29) is 22.4 Å². The summed E-state index contributed by atoms with van der Waals surface area (Å²) >= 11 is 6.03. The highest BCUT2D eigenvalue weighted by atomic mass is 35.5. The van der Waals surface area contributed by atoms with Crippen molar-refractivity contribution in [1.82, 2.24) is 4.72 Å². The van der Waals surface area contributed by atoms with E-state index < -0.39 is 10.0 Å². The molecule has 3 aromatic carbocycles. The van der Waals surface area contributed by atoms with E-state index in [9.17, 15) is 13.2 Å². The molecular weight excluding hydrogens is 420 g/mol. The Morgan fingerprint density at radius 2 is 1.80 bits per heavy atom. The van der Waals surface area contributed by atoms with Crippen LogP contribution in [0.1, 0.15) is 27.0 Å². The van der Waals surface area contributed by atoms with Crippen LogP contribution in [-0.2, 0) is 23.0 Å². The number of nitrogens with one attached hydrogen (secondary N) is 1. The van der Waals surface area contributed by atoms with Gasteiger partial charge in [-0.2, -0.15) is 0 Å². The molecule has 0 spiro atoms. The normalized spacial score (nSPS) is 13.3. The standard InChI is InChI=1S/C23H21ClN2O3S/c1-16-6-9-19(10-7-16)23(27)26-13-12-18-11-8-17(14-21(18)26)15-25-30(28,29)22-5-3-2-4-20(22)24/h2-11,14,25H,12-13,15H2,1H3. The van der Waals surface area contributed by atoms with Crippen molar-refractivity contribution < 1.29 is 13.2 Å². The van der Waals surface area contributed by atoms with Crippen LogP contribution >= 0.6 is 11.6 Å². The second-order valence-corrected chi connectivity index (χ2v) is 9.43. The Balaban J connectivity index is 1.54. The largest absolute Gasteiger partial charge is 0.308 e. The molecule has 1 amide bonds. The molecule has 0 saturated heterocycles. The maximum absolute atomic E-state index is 13.0. The van der Waals surface area contributed by atoms with E-state index >= 15 is 0 Å². The van der Waals surface area contributed by atoms with Gasteiger partial charge >= 0.3 is 0 Å². The van der Waals surface area contributed by atoms with E-state index in [1.54, 1.807) is 23.1 Å².